The average Bonchev–Trinajstić information content (AvgIpc) is 1.96. The molecule has 0 aromatic carbocycles. The van der Waals surface area contributed by atoms with Crippen LogP contribution in [-0.4, -0.2) is 42.9 Å². The molecule has 0 radical (unpaired) electrons. The smallest absolute Gasteiger partial charge is 0.358 e. The zero-order valence-electron chi connectivity index (χ0n) is 6.56. The molecule has 0 rings (SSSR count). The maximum Gasteiger partial charge on any atom is 0.358 e. The Morgan fingerprint density at radius 1 is 1.21 bits per heavy atom. The largest absolute Gasteiger partial charge is 0.478 e. The van der Waals surface area contributed by atoms with E-state index in [0.29, 0.717) is 0 Å². The SMILES string of the molecule is O=C(O)/C=C(\C(=O)O)[C@@H](O)P(=O)(O)O. The quantitative estimate of drug-likeness (QED) is 0.289. The third kappa shape index (κ3) is 3.67. The summed E-state index contributed by atoms with van der Waals surface area (Å²) in [5.41, 5.74) is -1.27. The number of aliphatic carboxylic acids is 2. The van der Waals surface area contributed by atoms with Gasteiger partial charge in [0.15, 0.2) is 5.85 Å². The summed E-state index contributed by atoms with van der Waals surface area (Å²) in [4.78, 5) is 37.1. The van der Waals surface area contributed by atoms with Gasteiger partial charge in [-0.25, -0.2) is 9.59 Å². The van der Waals surface area contributed by atoms with Gasteiger partial charge >= 0.3 is 19.5 Å². The van der Waals surface area contributed by atoms with Gasteiger partial charge < -0.3 is 25.1 Å². The van der Waals surface area contributed by atoms with Crippen LogP contribution in [0.25, 0.3) is 0 Å². The van der Waals surface area contributed by atoms with Crippen molar-refractivity contribution in [3.63, 3.8) is 0 Å². The molecule has 0 aliphatic carbocycles. The van der Waals surface area contributed by atoms with Gasteiger partial charge in [0.05, 0.1) is 5.57 Å². The molecule has 9 heteroatoms. The molecule has 0 bridgehead atoms. The van der Waals surface area contributed by atoms with Crippen molar-refractivity contribution in [1.29, 1.82) is 0 Å². The number of rotatable bonds is 4. The summed E-state index contributed by atoms with van der Waals surface area (Å²) in [6, 6.07) is 0. The normalized spacial score (nSPS) is 14.9. The van der Waals surface area contributed by atoms with Crippen LogP contribution < -0.4 is 0 Å². The Hall–Kier alpha value is -1.21. The molecule has 0 unspecified atom stereocenters. The maximum absolute atomic E-state index is 10.4. The van der Waals surface area contributed by atoms with Crippen molar-refractivity contribution in [1.82, 2.24) is 0 Å². The fourth-order valence-electron chi connectivity index (χ4n) is 0.561. The molecular formula is C5H7O8P. The van der Waals surface area contributed by atoms with Crippen LogP contribution in [0.3, 0.4) is 0 Å². The second-order valence-electron chi connectivity index (χ2n) is 2.21. The minimum atomic E-state index is -5.08. The van der Waals surface area contributed by atoms with E-state index in [4.69, 9.17) is 25.1 Å². The average molecular weight is 226 g/mol. The van der Waals surface area contributed by atoms with Crippen LogP contribution in [0.5, 0.6) is 0 Å². The van der Waals surface area contributed by atoms with E-state index in [1.807, 2.05) is 0 Å². The van der Waals surface area contributed by atoms with E-state index < -0.39 is 31.0 Å². The first kappa shape index (κ1) is 12.8. The molecule has 0 aliphatic heterocycles. The lowest BCUT2D eigenvalue weighted by atomic mass is 10.2. The zero-order chi connectivity index (χ0) is 11.5. The Kier molecular flexibility index (Phi) is 3.96. The maximum atomic E-state index is 10.4. The summed E-state index contributed by atoms with van der Waals surface area (Å²) < 4.78 is 10.4. The Balaban J connectivity index is 5.15. The molecule has 0 spiro atoms. The predicted molar refractivity (Wildman–Crippen MR) is 41.4 cm³/mol. The minimum absolute atomic E-state index is 0.0199. The second kappa shape index (κ2) is 4.34. The van der Waals surface area contributed by atoms with Crippen LogP contribution >= 0.6 is 7.60 Å². The number of hydrogen-bond donors (Lipinski definition) is 5. The van der Waals surface area contributed by atoms with E-state index in [1.54, 1.807) is 0 Å². The van der Waals surface area contributed by atoms with Crippen LogP contribution in [0.4, 0.5) is 0 Å². The standard InChI is InChI=1S/C5H7O8P/c6-3(7)1-2(4(8)9)5(10)14(11,12)13/h1,5,10H,(H,6,7)(H,8,9)(H2,11,12,13)/b2-1+/t5-/m0/s1. The van der Waals surface area contributed by atoms with E-state index in [-0.39, 0.29) is 6.08 Å². The fraction of sp³-hybridized carbons (Fsp3) is 0.200. The Bertz CT molecular complexity index is 325. The summed E-state index contributed by atoms with van der Waals surface area (Å²) in [6.07, 6.45) is 0.0199. The van der Waals surface area contributed by atoms with Crippen molar-refractivity contribution in [3.05, 3.63) is 11.6 Å². The van der Waals surface area contributed by atoms with Crippen molar-refractivity contribution >= 4 is 19.5 Å². The number of carboxylic acids is 2. The van der Waals surface area contributed by atoms with Crippen molar-refractivity contribution < 1.29 is 39.3 Å². The monoisotopic (exact) mass is 226 g/mol. The molecule has 0 saturated carbocycles. The zero-order valence-corrected chi connectivity index (χ0v) is 7.46. The minimum Gasteiger partial charge on any atom is -0.478 e. The van der Waals surface area contributed by atoms with E-state index in [1.165, 1.54) is 0 Å². The van der Waals surface area contributed by atoms with Crippen LogP contribution in [-0.2, 0) is 14.2 Å². The molecule has 0 aromatic heterocycles. The lowest BCUT2D eigenvalue weighted by molar-refractivity contribution is -0.135. The number of aliphatic hydroxyl groups is 1. The molecule has 0 aliphatic rings. The molecule has 80 valence electrons. The lowest BCUT2D eigenvalue weighted by Gasteiger charge is -2.11. The van der Waals surface area contributed by atoms with Gasteiger partial charge in [0.2, 0.25) is 0 Å². The Morgan fingerprint density at radius 3 is 1.86 bits per heavy atom. The first-order valence-corrected chi connectivity index (χ1v) is 4.75. The number of hydrogen-bond acceptors (Lipinski definition) is 4. The molecule has 8 nitrogen and oxygen atoms in total. The third-order valence-corrected chi connectivity index (χ3v) is 2.04. The molecule has 5 N–H and O–H groups in total. The number of carbonyl (C=O) groups is 2. The van der Waals surface area contributed by atoms with Gasteiger partial charge in [-0.15, -0.1) is 0 Å². The van der Waals surface area contributed by atoms with Gasteiger partial charge in [0.25, 0.3) is 0 Å². The van der Waals surface area contributed by atoms with Gasteiger partial charge in [-0.05, 0) is 0 Å². The highest BCUT2D eigenvalue weighted by molar-refractivity contribution is 7.52. The van der Waals surface area contributed by atoms with E-state index in [9.17, 15) is 14.2 Å². The molecule has 0 heterocycles. The molecule has 14 heavy (non-hydrogen) atoms. The van der Waals surface area contributed by atoms with Gasteiger partial charge in [0, 0.05) is 6.08 Å². The third-order valence-electron chi connectivity index (χ3n) is 1.12. The van der Waals surface area contributed by atoms with Crippen LogP contribution in [0, 0.1) is 0 Å². The van der Waals surface area contributed by atoms with E-state index >= 15 is 0 Å². The van der Waals surface area contributed by atoms with Gasteiger partial charge in [-0.2, -0.15) is 0 Å². The lowest BCUT2D eigenvalue weighted by Crippen LogP contribution is -2.19. The Labute approximate surface area is 77.3 Å². The number of carboxylic acid groups (broad SMARTS) is 2. The van der Waals surface area contributed by atoms with E-state index in [0.717, 1.165) is 0 Å². The van der Waals surface area contributed by atoms with Gasteiger partial charge in [-0.3, -0.25) is 4.57 Å². The first-order chi connectivity index (χ1) is 6.16. The molecule has 0 aromatic rings. The van der Waals surface area contributed by atoms with Gasteiger partial charge in [-0.1, -0.05) is 0 Å². The number of aliphatic hydroxyl groups excluding tert-OH is 1. The van der Waals surface area contributed by atoms with Gasteiger partial charge in [0.1, 0.15) is 0 Å². The summed E-state index contributed by atoms with van der Waals surface area (Å²) in [6.45, 7) is 0. The van der Waals surface area contributed by atoms with Crippen LogP contribution in [0.2, 0.25) is 0 Å². The van der Waals surface area contributed by atoms with Crippen LogP contribution in [0.15, 0.2) is 11.6 Å². The second-order valence-corrected chi connectivity index (χ2v) is 3.87. The summed E-state index contributed by atoms with van der Waals surface area (Å²) >= 11 is 0. The van der Waals surface area contributed by atoms with Crippen molar-refractivity contribution in [2.75, 3.05) is 0 Å². The Morgan fingerprint density at radius 2 is 1.64 bits per heavy atom. The predicted octanol–water partition coefficient (Wildman–Crippen LogP) is -1.42. The molecule has 0 saturated heterocycles. The summed E-state index contributed by atoms with van der Waals surface area (Å²) in [5.74, 6) is -6.28. The highest BCUT2D eigenvalue weighted by Gasteiger charge is 2.34. The summed E-state index contributed by atoms with van der Waals surface area (Å²) in [5, 5.41) is 25.3. The first-order valence-electron chi connectivity index (χ1n) is 3.07. The van der Waals surface area contributed by atoms with Crippen LogP contribution in [0.1, 0.15) is 0 Å². The highest BCUT2D eigenvalue weighted by Crippen LogP contribution is 2.43. The highest BCUT2D eigenvalue weighted by atomic mass is 31.2. The molecule has 1 atom stereocenters. The molecular weight excluding hydrogens is 219 g/mol. The van der Waals surface area contributed by atoms with Crippen molar-refractivity contribution in [2.24, 2.45) is 0 Å². The van der Waals surface area contributed by atoms with Crippen molar-refractivity contribution in [3.8, 4) is 0 Å². The fourth-order valence-corrected chi connectivity index (χ4v) is 1.11. The van der Waals surface area contributed by atoms with E-state index in [2.05, 4.69) is 0 Å². The summed E-state index contributed by atoms with van der Waals surface area (Å²) in [7, 11) is -5.08. The molecule has 0 fully saturated rings. The molecule has 0 amide bonds. The van der Waals surface area contributed by atoms with Crippen molar-refractivity contribution in [2.45, 2.75) is 5.85 Å². The topological polar surface area (TPSA) is 152 Å².